The van der Waals surface area contributed by atoms with Crippen molar-refractivity contribution in [2.75, 3.05) is 37.5 Å². The first kappa shape index (κ1) is 16.4. The molecule has 0 spiro atoms. The summed E-state index contributed by atoms with van der Waals surface area (Å²) in [6.07, 6.45) is 4.29. The lowest BCUT2D eigenvalue weighted by Crippen LogP contribution is -2.34. The number of hydrogen-bond acceptors (Lipinski definition) is 6. The van der Waals surface area contributed by atoms with E-state index in [1.54, 1.807) is 20.4 Å². The molecule has 1 saturated heterocycles. The van der Waals surface area contributed by atoms with Gasteiger partial charge in [-0.25, -0.2) is 4.98 Å². The SMILES string of the molecule is COc1ccc(Nc2nccc(N3CCCC(C)C3)n2)c(OC)c1. The molecule has 0 bridgehead atoms. The molecule has 1 N–H and O–H groups in total. The molecule has 0 saturated carbocycles. The van der Waals surface area contributed by atoms with Crippen LogP contribution in [0, 0.1) is 5.92 Å². The molecule has 2 heterocycles. The van der Waals surface area contributed by atoms with Crippen LogP contribution in [-0.4, -0.2) is 37.3 Å². The number of nitrogens with one attached hydrogen (secondary N) is 1. The van der Waals surface area contributed by atoms with Gasteiger partial charge in [-0.2, -0.15) is 4.98 Å². The van der Waals surface area contributed by atoms with Crippen molar-refractivity contribution in [3.63, 3.8) is 0 Å². The fraction of sp³-hybridized carbons (Fsp3) is 0.444. The van der Waals surface area contributed by atoms with E-state index in [2.05, 4.69) is 27.1 Å². The average molecular weight is 328 g/mol. The molecule has 6 nitrogen and oxygen atoms in total. The summed E-state index contributed by atoms with van der Waals surface area (Å²) in [5.41, 5.74) is 0.808. The quantitative estimate of drug-likeness (QED) is 0.907. The van der Waals surface area contributed by atoms with Crippen molar-refractivity contribution in [1.82, 2.24) is 9.97 Å². The number of aromatic nitrogens is 2. The van der Waals surface area contributed by atoms with E-state index in [9.17, 15) is 0 Å². The van der Waals surface area contributed by atoms with Crippen molar-refractivity contribution in [2.45, 2.75) is 19.8 Å². The van der Waals surface area contributed by atoms with Crippen LogP contribution < -0.4 is 19.7 Å². The summed E-state index contributed by atoms with van der Waals surface area (Å²) in [5, 5.41) is 3.24. The maximum absolute atomic E-state index is 5.41. The number of nitrogens with zero attached hydrogens (tertiary/aromatic N) is 3. The van der Waals surface area contributed by atoms with Crippen molar-refractivity contribution in [3.05, 3.63) is 30.5 Å². The number of piperidine rings is 1. The highest BCUT2D eigenvalue weighted by atomic mass is 16.5. The molecular weight excluding hydrogens is 304 g/mol. The second kappa shape index (κ2) is 7.38. The molecule has 1 atom stereocenters. The zero-order chi connectivity index (χ0) is 16.9. The summed E-state index contributed by atoms with van der Waals surface area (Å²) in [6.45, 7) is 4.38. The molecule has 0 amide bonds. The van der Waals surface area contributed by atoms with Gasteiger partial charge >= 0.3 is 0 Å². The standard InChI is InChI=1S/C18H24N4O2/c1-13-5-4-10-22(12-13)17-8-9-19-18(21-17)20-15-7-6-14(23-2)11-16(15)24-3/h6-9,11,13H,4-5,10,12H2,1-3H3,(H,19,20,21). The molecule has 1 aliphatic rings. The van der Waals surface area contributed by atoms with Gasteiger partial charge in [0.2, 0.25) is 5.95 Å². The Hall–Kier alpha value is -2.50. The van der Waals surface area contributed by atoms with E-state index in [1.165, 1.54) is 12.8 Å². The highest BCUT2D eigenvalue weighted by molar-refractivity contribution is 5.65. The summed E-state index contributed by atoms with van der Waals surface area (Å²) < 4.78 is 10.6. The molecule has 1 aromatic heterocycles. The summed E-state index contributed by atoms with van der Waals surface area (Å²) in [7, 11) is 3.26. The van der Waals surface area contributed by atoms with E-state index in [-0.39, 0.29) is 0 Å². The Kier molecular flexibility index (Phi) is 5.03. The van der Waals surface area contributed by atoms with Gasteiger partial charge in [0.1, 0.15) is 17.3 Å². The van der Waals surface area contributed by atoms with Gasteiger partial charge in [-0.3, -0.25) is 0 Å². The largest absolute Gasteiger partial charge is 0.497 e. The first-order valence-electron chi connectivity index (χ1n) is 8.26. The lowest BCUT2D eigenvalue weighted by Gasteiger charge is -2.31. The molecule has 128 valence electrons. The monoisotopic (exact) mass is 328 g/mol. The summed E-state index contributed by atoms with van der Waals surface area (Å²) in [5.74, 6) is 3.66. The maximum atomic E-state index is 5.41. The summed E-state index contributed by atoms with van der Waals surface area (Å²) in [6, 6.07) is 7.57. The number of rotatable bonds is 5. The molecule has 6 heteroatoms. The van der Waals surface area contributed by atoms with E-state index in [0.29, 0.717) is 17.6 Å². The Morgan fingerprint density at radius 2 is 2.08 bits per heavy atom. The molecule has 1 aromatic carbocycles. The smallest absolute Gasteiger partial charge is 0.229 e. The van der Waals surface area contributed by atoms with Crippen LogP contribution in [-0.2, 0) is 0 Å². The Bertz CT molecular complexity index is 692. The van der Waals surface area contributed by atoms with Gasteiger partial charge in [0.05, 0.1) is 19.9 Å². The number of hydrogen-bond donors (Lipinski definition) is 1. The minimum atomic E-state index is 0.564. The van der Waals surface area contributed by atoms with Crippen LogP contribution in [0.1, 0.15) is 19.8 Å². The van der Waals surface area contributed by atoms with Crippen LogP contribution in [0.25, 0.3) is 0 Å². The number of benzene rings is 1. The number of ether oxygens (including phenoxy) is 2. The van der Waals surface area contributed by atoms with Crippen LogP contribution in [0.15, 0.2) is 30.5 Å². The summed E-state index contributed by atoms with van der Waals surface area (Å²) in [4.78, 5) is 11.3. The van der Waals surface area contributed by atoms with Crippen molar-refractivity contribution in [1.29, 1.82) is 0 Å². The van der Waals surface area contributed by atoms with E-state index in [4.69, 9.17) is 9.47 Å². The maximum Gasteiger partial charge on any atom is 0.229 e. The third-order valence-corrected chi connectivity index (χ3v) is 4.28. The zero-order valence-electron chi connectivity index (χ0n) is 14.5. The van der Waals surface area contributed by atoms with E-state index in [0.717, 1.165) is 30.3 Å². The predicted octanol–water partition coefficient (Wildman–Crippen LogP) is 3.47. The Morgan fingerprint density at radius 1 is 1.21 bits per heavy atom. The van der Waals surface area contributed by atoms with Gasteiger partial charge in [0, 0.05) is 25.4 Å². The number of anilines is 3. The highest BCUT2D eigenvalue weighted by Crippen LogP contribution is 2.31. The van der Waals surface area contributed by atoms with Crippen LogP contribution in [0.2, 0.25) is 0 Å². The van der Waals surface area contributed by atoms with Crippen molar-refractivity contribution >= 4 is 17.5 Å². The van der Waals surface area contributed by atoms with Gasteiger partial charge < -0.3 is 19.7 Å². The average Bonchev–Trinajstić information content (AvgIpc) is 2.62. The number of methoxy groups -OCH3 is 2. The molecule has 1 aliphatic heterocycles. The van der Waals surface area contributed by atoms with Crippen LogP contribution in [0.4, 0.5) is 17.5 Å². The zero-order valence-corrected chi connectivity index (χ0v) is 14.5. The second-order valence-electron chi connectivity index (χ2n) is 6.12. The van der Waals surface area contributed by atoms with Crippen LogP contribution in [0.3, 0.4) is 0 Å². The molecule has 2 aromatic rings. The molecule has 24 heavy (non-hydrogen) atoms. The molecule has 3 rings (SSSR count). The Labute approximate surface area is 142 Å². The minimum absolute atomic E-state index is 0.564. The van der Waals surface area contributed by atoms with Gasteiger partial charge in [-0.05, 0) is 37.0 Å². The van der Waals surface area contributed by atoms with Gasteiger partial charge in [-0.1, -0.05) is 6.92 Å². The normalized spacial score (nSPS) is 17.5. The molecule has 1 unspecified atom stereocenters. The van der Waals surface area contributed by atoms with E-state index < -0.39 is 0 Å². The van der Waals surface area contributed by atoms with Crippen LogP contribution >= 0.6 is 0 Å². The summed E-state index contributed by atoms with van der Waals surface area (Å²) >= 11 is 0. The van der Waals surface area contributed by atoms with Gasteiger partial charge in [0.15, 0.2) is 0 Å². The minimum Gasteiger partial charge on any atom is -0.497 e. The fourth-order valence-corrected chi connectivity index (χ4v) is 3.01. The third-order valence-electron chi connectivity index (χ3n) is 4.28. The highest BCUT2D eigenvalue weighted by Gasteiger charge is 2.18. The topological polar surface area (TPSA) is 59.5 Å². The Balaban J connectivity index is 1.79. The van der Waals surface area contributed by atoms with Crippen molar-refractivity contribution in [2.24, 2.45) is 5.92 Å². The van der Waals surface area contributed by atoms with E-state index >= 15 is 0 Å². The first-order chi connectivity index (χ1) is 11.7. The van der Waals surface area contributed by atoms with Crippen LogP contribution in [0.5, 0.6) is 11.5 Å². The van der Waals surface area contributed by atoms with Crippen molar-refractivity contribution < 1.29 is 9.47 Å². The molecule has 1 fully saturated rings. The second-order valence-corrected chi connectivity index (χ2v) is 6.12. The lowest BCUT2D eigenvalue weighted by molar-refractivity contribution is 0.395. The predicted molar refractivity (Wildman–Crippen MR) is 95.5 cm³/mol. The Morgan fingerprint density at radius 3 is 2.83 bits per heavy atom. The van der Waals surface area contributed by atoms with E-state index in [1.807, 2.05) is 24.3 Å². The fourth-order valence-electron chi connectivity index (χ4n) is 3.01. The van der Waals surface area contributed by atoms with Crippen molar-refractivity contribution in [3.8, 4) is 11.5 Å². The third kappa shape index (κ3) is 3.69. The lowest BCUT2D eigenvalue weighted by atomic mass is 10.0. The molecular formula is C18H24N4O2. The molecule has 0 aliphatic carbocycles. The first-order valence-corrected chi connectivity index (χ1v) is 8.26. The van der Waals surface area contributed by atoms with Gasteiger partial charge in [0.25, 0.3) is 0 Å². The van der Waals surface area contributed by atoms with Gasteiger partial charge in [-0.15, -0.1) is 0 Å². The molecule has 0 radical (unpaired) electrons.